The minimum atomic E-state index is -3.31. The second-order valence-corrected chi connectivity index (χ2v) is 9.76. The van der Waals surface area contributed by atoms with Gasteiger partial charge in [0.25, 0.3) is 5.91 Å². The van der Waals surface area contributed by atoms with Crippen LogP contribution in [0, 0.1) is 5.92 Å². The molecule has 2 amide bonds. The molecule has 0 aromatic heterocycles. The maximum Gasteiger partial charge on any atom is 0.254 e. The molecule has 1 aromatic rings. The van der Waals surface area contributed by atoms with E-state index in [1.54, 1.807) is 29.2 Å². The number of rotatable bonds is 3. The van der Waals surface area contributed by atoms with Crippen LogP contribution in [0.5, 0.6) is 0 Å². The predicted molar refractivity (Wildman–Crippen MR) is 96.4 cm³/mol. The molecule has 2 aliphatic heterocycles. The molecule has 0 radical (unpaired) electrons. The lowest BCUT2D eigenvalue weighted by atomic mass is 9.91. The topological polar surface area (TPSA) is 83.6 Å². The monoisotopic (exact) mass is 376 g/mol. The van der Waals surface area contributed by atoms with Crippen LogP contribution in [-0.2, 0) is 14.6 Å². The van der Waals surface area contributed by atoms with E-state index in [0.29, 0.717) is 23.5 Å². The number of carbonyl (C=O) groups is 2. The zero-order valence-electron chi connectivity index (χ0n) is 14.7. The third-order valence-electron chi connectivity index (χ3n) is 6.03. The molecule has 1 N–H and O–H groups in total. The highest BCUT2D eigenvalue weighted by atomic mass is 32.2. The zero-order valence-corrected chi connectivity index (χ0v) is 15.5. The van der Waals surface area contributed by atoms with Crippen LogP contribution in [0.25, 0.3) is 0 Å². The van der Waals surface area contributed by atoms with E-state index in [9.17, 15) is 18.0 Å². The van der Waals surface area contributed by atoms with Gasteiger partial charge in [0.15, 0.2) is 9.84 Å². The molecule has 2 atom stereocenters. The number of fused-ring (bicyclic) bond motifs is 1. The summed E-state index contributed by atoms with van der Waals surface area (Å²) in [6.07, 6.45) is 5.00. The van der Waals surface area contributed by atoms with Crippen LogP contribution < -0.4 is 5.32 Å². The first-order chi connectivity index (χ1) is 12.5. The van der Waals surface area contributed by atoms with Gasteiger partial charge in [0.1, 0.15) is 0 Å². The third-order valence-corrected chi connectivity index (χ3v) is 8.31. The highest BCUT2D eigenvalue weighted by Gasteiger charge is 2.42. The molecule has 26 heavy (non-hydrogen) atoms. The maximum atomic E-state index is 12.9. The lowest BCUT2D eigenvalue weighted by Crippen LogP contribution is -2.48. The standard InChI is InChI=1S/C19H24N2O4S/c22-18-16-6-3-11-21(17(16)12-20-18)19(23)13-7-9-15(10-8-13)26(24,25)14-4-1-2-5-14/h7-10,14,16-17H,1-6,11-12H2,(H,20,22)/t16-,17-/m0/s1. The maximum absolute atomic E-state index is 12.9. The molecule has 0 bridgehead atoms. The van der Waals surface area contributed by atoms with Crippen molar-refractivity contribution in [1.82, 2.24) is 10.2 Å². The average Bonchev–Trinajstić information content (AvgIpc) is 3.32. The zero-order chi connectivity index (χ0) is 18.3. The van der Waals surface area contributed by atoms with E-state index in [0.717, 1.165) is 38.5 Å². The summed E-state index contributed by atoms with van der Waals surface area (Å²) in [6, 6.07) is 6.24. The number of likely N-dealkylation sites (tertiary alicyclic amines) is 1. The van der Waals surface area contributed by atoms with Crippen molar-refractivity contribution in [3.8, 4) is 0 Å². The summed E-state index contributed by atoms with van der Waals surface area (Å²) in [6.45, 7) is 1.14. The Labute approximate surface area is 153 Å². The molecular weight excluding hydrogens is 352 g/mol. The molecule has 140 valence electrons. The van der Waals surface area contributed by atoms with Gasteiger partial charge in [-0.1, -0.05) is 12.8 Å². The van der Waals surface area contributed by atoms with Gasteiger partial charge in [0.05, 0.1) is 22.1 Å². The van der Waals surface area contributed by atoms with Gasteiger partial charge < -0.3 is 10.2 Å². The van der Waals surface area contributed by atoms with Gasteiger partial charge in [-0.05, 0) is 49.9 Å². The van der Waals surface area contributed by atoms with E-state index >= 15 is 0 Å². The number of hydrogen-bond donors (Lipinski definition) is 1. The molecule has 4 rings (SSSR count). The summed E-state index contributed by atoms with van der Waals surface area (Å²) >= 11 is 0. The van der Waals surface area contributed by atoms with Crippen LogP contribution in [0.15, 0.2) is 29.2 Å². The van der Waals surface area contributed by atoms with Crippen LogP contribution in [0.4, 0.5) is 0 Å². The van der Waals surface area contributed by atoms with E-state index in [2.05, 4.69) is 5.32 Å². The molecule has 6 nitrogen and oxygen atoms in total. The fourth-order valence-corrected chi connectivity index (χ4v) is 6.40. The number of nitrogens with zero attached hydrogens (tertiary/aromatic N) is 1. The smallest absolute Gasteiger partial charge is 0.254 e. The van der Waals surface area contributed by atoms with Gasteiger partial charge in [0, 0.05) is 18.7 Å². The number of carbonyl (C=O) groups excluding carboxylic acids is 2. The quantitative estimate of drug-likeness (QED) is 0.871. The number of sulfone groups is 1. The predicted octanol–water partition coefficient (Wildman–Crippen LogP) is 1.75. The Hall–Kier alpha value is -1.89. The minimum absolute atomic E-state index is 0.0329. The number of amides is 2. The second-order valence-electron chi connectivity index (χ2n) is 7.54. The van der Waals surface area contributed by atoms with Crippen molar-refractivity contribution < 1.29 is 18.0 Å². The van der Waals surface area contributed by atoms with Gasteiger partial charge in [-0.2, -0.15) is 0 Å². The van der Waals surface area contributed by atoms with E-state index < -0.39 is 9.84 Å². The lowest BCUT2D eigenvalue weighted by molar-refractivity contribution is -0.123. The van der Waals surface area contributed by atoms with Crippen molar-refractivity contribution in [3.05, 3.63) is 29.8 Å². The summed E-state index contributed by atoms with van der Waals surface area (Å²) in [4.78, 5) is 26.9. The van der Waals surface area contributed by atoms with Crippen molar-refractivity contribution in [2.24, 2.45) is 5.92 Å². The van der Waals surface area contributed by atoms with Crippen molar-refractivity contribution >= 4 is 21.7 Å². The Kier molecular flexibility index (Phi) is 4.50. The van der Waals surface area contributed by atoms with Crippen LogP contribution >= 0.6 is 0 Å². The molecule has 1 aromatic carbocycles. The fraction of sp³-hybridized carbons (Fsp3) is 0.579. The van der Waals surface area contributed by atoms with E-state index in [1.165, 1.54) is 0 Å². The summed E-state index contributed by atoms with van der Waals surface area (Å²) in [7, 11) is -3.31. The van der Waals surface area contributed by atoms with Gasteiger partial charge in [-0.15, -0.1) is 0 Å². The van der Waals surface area contributed by atoms with E-state index in [4.69, 9.17) is 0 Å². The van der Waals surface area contributed by atoms with Crippen molar-refractivity contribution in [3.63, 3.8) is 0 Å². The largest absolute Gasteiger partial charge is 0.354 e. The first-order valence-electron chi connectivity index (χ1n) is 9.41. The van der Waals surface area contributed by atoms with E-state index in [-0.39, 0.29) is 29.0 Å². The fourth-order valence-electron chi connectivity index (χ4n) is 4.55. The second kappa shape index (κ2) is 6.68. The van der Waals surface area contributed by atoms with Crippen LogP contribution in [0.3, 0.4) is 0 Å². The molecule has 1 aliphatic carbocycles. The van der Waals surface area contributed by atoms with Crippen molar-refractivity contribution in [2.75, 3.05) is 13.1 Å². The molecule has 7 heteroatoms. The summed E-state index contributed by atoms with van der Waals surface area (Å²) < 4.78 is 25.3. The molecular formula is C19H24N2O4S. The summed E-state index contributed by atoms with van der Waals surface area (Å²) in [5.74, 6) is -0.207. The third kappa shape index (κ3) is 2.92. The van der Waals surface area contributed by atoms with E-state index in [1.807, 2.05) is 0 Å². The average molecular weight is 376 g/mol. The Morgan fingerprint density at radius 1 is 1.04 bits per heavy atom. The van der Waals surface area contributed by atoms with Crippen LogP contribution in [0.1, 0.15) is 48.9 Å². The van der Waals surface area contributed by atoms with Gasteiger partial charge in [-0.25, -0.2) is 8.42 Å². The SMILES string of the molecule is O=C1NC[C@H]2[C@@H]1CCCN2C(=O)c1ccc(S(=O)(=O)C2CCCC2)cc1. The van der Waals surface area contributed by atoms with Crippen molar-refractivity contribution in [1.29, 1.82) is 0 Å². The minimum Gasteiger partial charge on any atom is -0.354 e. The number of benzene rings is 1. The van der Waals surface area contributed by atoms with Crippen LogP contribution in [-0.4, -0.2) is 49.5 Å². The molecule has 2 saturated heterocycles. The Bertz CT molecular complexity index is 812. The molecule has 3 aliphatic rings. The van der Waals surface area contributed by atoms with Gasteiger partial charge in [0.2, 0.25) is 5.91 Å². The number of piperidine rings is 1. The Morgan fingerprint density at radius 3 is 2.42 bits per heavy atom. The molecule has 3 fully saturated rings. The molecule has 1 saturated carbocycles. The van der Waals surface area contributed by atoms with Crippen molar-refractivity contribution in [2.45, 2.75) is 54.7 Å². The first-order valence-corrected chi connectivity index (χ1v) is 11.0. The van der Waals surface area contributed by atoms with Gasteiger partial charge >= 0.3 is 0 Å². The number of nitrogens with one attached hydrogen (secondary N) is 1. The Morgan fingerprint density at radius 2 is 1.73 bits per heavy atom. The lowest BCUT2D eigenvalue weighted by Gasteiger charge is -2.36. The highest BCUT2D eigenvalue weighted by Crippen LogP contribution is 2.31. The number of hydrogen-bond acceptors (Lipinski definition) is 4. The summed E-state index contributed by atoms with van der Waals surface area (Å²) in [5, 5.41) is 2.56. The first kappa shape index (κ1) is 17.5. The van der Waals surface area contributed by atoms with Gasteiger partial charge in [-0.3, -0.25) is 9.59 Å². The molecule has 0 spiro atoms. The Balaban J connectivity index is 1.53. The molecule has 2 heterocycles. The normalized spacial score (nSPS) is 26.6. The molecule has 0 unspecified atom stereocenters. The highest BCUT2D eigenvalue weighted by molar-refractivity contribution is 7.92. The van der Waals surface area contributed by atoms with Crippen LogP contribution in [0.2, 0.25) is 0 Å². The summed E-state index contributed by atoms with van der Waals surface area (Å²) in [5.41, 5.74) is 0.482.